The molecule has 1 aliphatic carbocycles. The molecule has 0 radical (unpaired) electrons. The molecule has 2 amide bonds. The van der Waals surface area contributed by atoms with Gasteiger partial charge in [-0.3, -0.25) is 14.5 Å². The van der Waals surface area contributed by atoms with Crippen LogP contribution in [0.5, 0.6) is 0 Å². The number of thiophene rings is 1. The van der Waals surface area contributed by atoms with Crippen molar-refractivity contribution in [2.75, 3.05) is 38.6 Å². The fourth-order valence-electron chi connectivity index (χ4n) is 5.29. The highest BCUT2D eigenvalue weighted by atomic mass is 32.1. The van der Waals surface area contributed by atoms with E-state index in [0.29, 0.717) is 41.6 Å². The Balaban J connectivity index is 2.14. The average molecular weight is 544 g/mol. The van der Waals surface area contributed by atoms with Crippen LogP contribution >= 0.6 is 11.3 Å². The lowest BCUT2D eigenvalue weighted by molar-refractivity contribution is -0.135. The second-order valence-electron chi connectivity index (χ2n) is 12.3. The molecule has 8 heteroatoms. The molecular formula is C30H45N3O4S. The smallest absolute Gasteiger partial charge is 0.348 e. The van der Waals surface area contributed by atoms with Gasteiger partial charge in [0.2, 0.25) is 11.8 Å². The standard InChI is InChI=1S/C30H45N3O4S/c1-20-11-13-22(14-12-20)27(34)33(23-10-8-9-17-32(28(23)35)19-18-31(6)7)25-21(2)24(15-16-30(3,4)5)38-26(25)29(36)37/h20,22-23H,8-14,17-19H2,1-7H3,(H,36,37). The minimum absolute atomic E-state index is 0.0776. The van der Waals surface area contributed by atoms with Gasteiger partial charge < -0.3 is 14.9 Å². The quantitative estimate of drug-likeness (QED) is 0.475. The summed E-state index contributed by atoms with van der Waals surface area (Å²) in [7, 11) is 3.96. The molecule has 1 aromatic rings. The van der Waals surface area contributed by atoms with Crippen molar-refractivity contribution < 1.29 is 19.5 Å². The summed E-state index contributed by atoms with van der Waals surface area (Å²) in [6.45, 7) is 12.1. The van der Waals surface area contributed by atoms with E-state index in [1.165, 1.54) is 0 Å². The Morgan fingerprint density at radius 1 is 1.11 bits per heavy atom. The van der Waals surface area contributed by atoms with Crippen LogP contribution in [0.1, 0.15) is 92.8 Å². The third-order valence-corrected chi connectivity index (χ3v) is 8.77. The number of likely N-dealkylation sites (N-methyl/N-ethyl adjacent to an activating group) is 1. The second kappa shape index (κ2) is 12.7. The first-order valence-electron chi connectivity index (χ1n) is 14.0. The van der Waals surface area contributed by atoms with Crippen LogP contribution in [-0.2, 0) is 9.59 Å². The van der Waals surface area contributed by atoms with Crippen molar-refractivity contribution in [3.05, 3.63) is 15.3 Å². The van der Waals surface area contributed by atoms with Crippen molar-refractivity contribution in [3.8, 4) is 11.8 Å². The summed E-state index contributed by atoms with van der Waals surface area (Å²) in [5.74, 6) is 5.49. The Hall–Kier alpha value is -2.37. The van der Waals surface area contributed by atoms with Gasteiger partial charge in [0.25, 0.3) is 0 Å². The number of carboxylic acid groups (broad SMARTS) is 1. The molecule has 2 heterocycles. The molecule has 0 spiro atoms. The number of rotatable bonds is 7. The van der Waals surface area contributed by atoms with E-state index in [-0.39, 0.29) is 28.0 Å². The van der Waals surface area contributed by atoms with Gasteiger partial charge in [0.15, 0.2) is 0 Å². The predicted octanol–water partition coefficient (Wildman–Crippen LogP) is 5.25. The highest BCUT2D eigenvalue weighted by Gasteiger charge is 2.41. The molecule has 1 unspecified atom stereocenters. The maximum absolute atomic E-state index is 14.3. The van der Waals surface area contributed by atoms with E-state index in [9.17, 15) is 19.5 Å². The molecule has 1 aliphatic heterocycles. The molecule has 0 aromatic carbocycles. The number of carbonyl (C=O) groups is 3. The predicted molar refractivity (Wildman–Crippen MR) is 154 cm³/mol. The first-order chi connectivity index (χ1) is 17.8. The number of carboxylic acids is 1. The SMILES string of the molecule is Cc1c(C#CC(C)(C)C)sc(C(=O)O)c1N(C(=O)C1CCC(C)CC1)C1CCCCN(CCN(C)C)C1=O. The van der Waals surface area contributed by atoms with Crippen molar-refractivity contribution >= 4 is 34.8 Å². The monoisotopic (exact) mass is 543 g/mol. The maximum Gasteiger partial charge on any atom is 0.348 e. The average Bonchev–Trinajstić information content (AvgIpc) is 3.05. The number of hydrogen-bond acceptors (Lipinski definition) is 5. The summed E-state index contributed by atoms with van der Waals surface area (Å²) in [5, 5.41) is 10.2. The molecule has 1 saturated heterocycles. The van der Waals surface area contributed by atoms with Gasteiger partial charge in [-0.25, -0.2) is 4.79 Å². The zero-order valence-electron chi connectivity index (χ0n) is 24.2. The van der Waals surface area contributed by atoms with Gasteiger partial charge in [0, 0.05) is 36.5 Å². The van der Waals surface area contributed by atoms with Crippen LogP contribution in [0.4, 0.5) is 5.69 Å². The number of anilines is 1. The summed E-state index contributed by atoms with van der Waals surface area (Å²) < 4.78 is 0. The normalized spacial score (nSPS) is 22.6. The van der Waals surface area contributed by atoms with Crippen LogP contribution in [-0.4, -0.2) is 72.5 Å². The molecule has 210 valence electrons. The van der Waals surface area contributed by atoms with Crippen LogP contribution in [0.15, 0.2) is 0 Å². The summed E-state index contributed by atoms with van der Waals surface area (Å²) in [6, 6.07) is -0.707. The van der Waals surface area contributed by atoms with Gasteiger partial charge in [-0.2, -0.15) is 0 Å². The van der Waals surface area contributed by atoms with Crippen molar-refractivity contribution in [1.29, 1.82) is 0 Å². The fraction of sp³-hybridized carbons (Fsp3) is 0.700. The Morgan fingerprint density at radius 3 is 2.34 bits per heavy atom. The van der Waals surface area contributed by atoms with Crippen molar-refractivity contribution in [3.63, 3.8) is 0 Å². The minimum Gasteiger partial charge on any atom is -0.477 e. The van der Waals surface area contributed by atoms with E-state index in [0.717, 1.165) is 56.4 Å². The van der Waals surface area contributed by atoms with E-state index in [1.807, 2.05) is 51.6 Å². The molecule has 2 fully saturated rings. The second-order valence-corrected chi connectivity index (χ2v) is 13.4. The molecule has 1 aromatic heterocycles. The lowest BCUT2D eigenvalue weighted by atomic mass is 9.82. The molecule has 3 rings (SSSR count). The number of nitrogens with zero attached hydrogens (tertiary/aromatic N) is 3. The molecule has 0 bridgehead atoms. The van der Waals surface area contributed by atoms with E-state index < -0.39 is 12.0 Å². The summed E-state index contributed by atoms with van der Waals surface area (Å²) in [6.07, 6.45) is 5.68. The number of carbonyl (C=O) groups excluding carboxylic acids is 2. The first kappa shape index (κ1) is 30.2. The Labute approximate surface area is 232 Å². The van der Waals surface area contributed by atoms with Crippen LogP contribution in [0.3, 0.4) is 0 Å². The molecule has 1 N–H and O–H groups in total. The molecule has 1 saturated carbocycles. The van der Waals surface area contributed by atoms with Gasteiger partial charge >= 0.3 is 5.97 Å². The van der Waals surface area contributed by atoms with Crippen molar-refractivity contribution in [2.24, 2.45) is 17.3 Å². The van der Waals surface area contributed by atoms with Gasteiger partial charge in [0.1, 0.15) is 10.9 Å². The number of hydrogen-bond donors (Lipinski definition) is 1. The fourth-order valence-corrected chi connectivity index (χ4v) is 6.29. The van der Waals surface area contributed by atoms with Gasteiger partial charge in [-0.1, -0.05) is 18.8 Å². The molecule has 2 aliphatic rings. The van der Waals surface area contributed by atoms with Crippen LogP contribution in [0.25, 0.3) is 0 Å². The summed E-state index contributed by atoms with van der Waals surface area (Å²) in [4.78, 5) is 47.1. The first-order valence-corrected chi connectivity index (χ1v) is 14.8. The van der Waals surface area contributed by atoms with E-state index >= 15 is 0 Å². The topological polar surface area (TPSA) is 81.2 Å². The zero-order valence-corrected chi connectivity index (χ0v) is 25.0. The largest absolute Gasteiger partial charge is 0.477 e. The number of likely N-dealkylation sites (tertiary alicyclic amines) is 1. The lowest BCUT2D eigenvalue weighted by Crippen LogP contribution is -2.53. The zero-order chi connectivity index (χ0) is 28.2. The molecule has 38 heavy (non-hydrogen) atoms. The third-order valence-electron chi connectivity index (χ3n) is 7.58. The maximum atomic E-state index is 14.3. The van der Waals surface area contributed by atoms with Crippen molar-refractivity contribution in [1.82, 2.24) is 9.80 Å². The molecular weight excluding hydrogens is 498 g/mol. The lowest BCUT2D eigenvalue weighted by Gasteiger charge is -2.37. The molecule has 1 atom stereocenters. The summed E-state index contributed by atoms with van der Waals surface area (Å²) >= 11 is 1.11. The Morgan fingerprint density at radius 2 is 1.76 bits per heavy atom. The number of amides is 2. The van der Waals surface area contributed by atoms with E-state index in [2.05, 4.69) is 18.8 Å². The third kappa shape index (κ3) is 7.39. The minimum atomic E-state index is -1.09. The van der Waals surface area contributed by atoms with Crippen molar-refractivity contribution in [2.45, 2.75) is 85.6 Å². The highest BCUT2D eigenvalue weighted by molar-refractivity contribution is 7.15. The van der Waals surface area contributed by atoms with E-state index in [4.69, 9.17) is 0 Å². The Bertz CT molecular complexity index is 1080. The van der Waals surface area contributed by atoms with Crippen LogP contribution in [0.2, 0.25) is 0 Å². The highest BCUT2D eigenvalue weighted by Crippen LogP contribution is 2.40. The number of aromatic carboxylic acids is 1. The van der Waals surface area contributed by atoms with Crippen LogP contribution < -0.4 is 4.90 Å². The van der Waals surface area contributed by atoms with Gasteiger partial charge in [-0.15, -0.1) is 11.3 Å². The van der Waals surface area contributed by atoms with Gasteiger partial charge in [0.05, 0.1) is 10.6 Å². The van der Waals surface area contributed by atoms with Gasteiger partial charge in [-0.05, 0) is 92.7 Å². The molecule has 7 nitrogen and oxygen atoms in total. The van der Waals surface area contributed by atoms with E-state index in [1.54, 1.807) is 4.90 Å². The van der Waals surface area contributed by atoms with Crippen LogP contribution in [0, 0.1) is 36.0 Å². The Kier molecular flexibility index (Phi) is 10.0. The summed E-state index contributed by atoms with van der Waals surface area (Å²) in [5.41, 5.74) is 0.800.